The van der Waals surface area contributed by atoms with Crippen molar-refractivity contribution in [1.29, 1.82) is 0 Å². The Hall–Kier alpha value is -0.410. The number of benzene rings is 1. The van der Waals surface area contributed by atoms with E-state index in [1.807, 2.05) is 24.3 Å². The first-order valence-electron chi connectivity index (χ1n) is 9.09. The van der Waals surface area contributed by atoms with Gasteiger partial charge in [0.25, 0.3) is 0 Å². The molecular weight excluding hydrogens is 379 g/mol. The van der Waals surface area contributed by atoms with Gasteiger partial charge in [0.15, 0.2) is 5.06 Å². The van der Waals surface area contributed by atoms with Crippen molar-refractivity contribution in [1.82, 2.24) is 0 Å². The van der Waals surface area contributed by atoms with Crippen LogP contribution in [0.3, 0.4) is 0 Å². The average molecular weight is 406 g/mol. The monoisotopic (exact) mass is 404 g/mol. The van der Waals surface area contributed by atoms with E-state index in [0.29, 0.717) is 31.4 Å². The maximum atomic E-state index is 6.82. The summed E-state index contributed by atoms with van der Waals surface area (Å²) in [5.74, 6) is 2.31. The summed E-state index contributed by atoms with van der Waals surface area (Å²) in [5.41, 5.74) is 2.02. The van der Waals surface area contributed by atoms with Crippen molar-refractivity contribution in [3.8, 4) is 0 Å². The van der Waals surface area contributed by atoms with Crippen LogP contribution in [-0.4, -0.2) is 25.0 Å². The molecule has 0 heterocycles. The largest absolute Gasteiger partial charge is 0.493 e. The van der Waals surface area contributed by atoms with Crippen LogP contribution in [0, 0.1) is 0 Å². The van der Waals surface area contributed by atoms with E-state index in [1.54, 1.807) is 0 Å². The molecule has 0 N–H and O–H groups in total. The second-order valence-corrected chi connectivity index (χ2v) is 7.61. The average Bonchev–Trinajstić information content (AvgIpc) is 2.63. The quantitative estimate of drug-likeness (QED) is 0.285. The van der Waals surface area contributed by atoms with Crippen molar-refractivity contribution in [2.45, 2.75) is 50.0 Å². The molecule has 2 rings (SSSR count). The highest BCUT2D eigenvalue weighted by atomic mass is 35.5. The standard InChI is InChI=1S/C20H27Cl3O2/c21-13-5-1-7-15-24-19-11-12-20(23,25-16-8-2-6-14-22)18-10-4-3-9-17(18)19/h3-4,9-11H,1-2,5-8,12-16H2. The van der Waals surface area contributed by atoms with Gasteiger partial charge in [-0.2, -0.15) is 0 Å². The summed E-state index contributed by atoms with van der Waals surface area (Å²) in [6.07, 6.45) is 8.83. The molecule has 0 radical (unpaired) electrons. The van der Waals surface area contributed by atoms with Crippen LogP contribution in [0.15, 0.2) is 30.3 Å². The fourth-order valence-electron chi connectivity index (χ4n) is 2.90. The first kappa shape index (κ1) is 20.9. The molecule has 1 atom stereocenters. The van der Waals surface area contributed by atoms with E-state index in [2.05, 4.69) is 6.08 Å². The number of hydrogen-bond acceptors (Lipinski definition) is 2. The predicted octanol–water partition coefficient (Wildman–Crippen LogP) is 6.67. The Balaban J connectivity index is 1.95. The first-order valence-corrected chi connectivity index (χ1v) is 10.5. The van der Waals surface area contributed by atoms with Crippen LogP contribution in [0.2, 0.25) is 0 Å². The molecule has 5 heteroatoms. The molecule has 0 aliphatic heterocycles. The second-order valence-electron chi connectivity index (χ2n) is 6.24. The maximum absolute atomic E-state index is 6.82. The Kier molecular flexibility index (Phi) is 9.47. The molecule has 0 amide bonds. The van der Waals surface area contributed by atoms with Gasteiger partial charge < -0.3 is 9.47 Å². The molecule has 140 valence electrons. The van der Waals surface area contributed by atoms with Crippen LogP contribution in [0.5, 0.6) is 0 Å². The van der Waals surface area contributed by atoms with Gasteiger partial charge in [0.1, 0.15) is 5.76 Å². The highest BCUT2D eigenvalue weighted by Crippen LogP contribution is 2.43. The highest BCUT2D eigenvalue weighted by Gasteiger charge is 2.36. The minimum Gasteiger partial charge on any atom is -0.493 e. The number of hydrogen-bond donors (Lipinski definition) is 0. The molecule has 1 aromatic rings. The lowest BCUT2D eigenvalue weighted by atomic mass is 9.92. The van der Waals surface area contributed by atoms with Crippen LogP contribution in [0.25, 0.3) is 5.76 Å². The van der Waals surface area contributed by atoms with Gasteiger partial charge in [-0.15, -0.1) is 23.2 Å². The lowest BCUT2D eigenvalue weighted by molar-refractivity contribution is 0.0140. The van der Waals surface area contributed by atoms with Crippen molar-refractivity contribution in [2.24, 2.45) is 0 Å². The Labute approximate surface area is 166 Å². The summed E-state index contributed by atoms with van der Waals surface area (Å²) < 4.78 is 12.1. The third kappa shape index (κ3) is 6.36. The van der Waals surface area contributed by atoms with Gasteiger partial charge in [-0.1, -0.05) is 35.9 Å². The van der Waals surface area contributed by atoms with Gasteiger partial charge >= 0.3 is 0 Å². The summed E-state index contributed by atoms with van der Waals surface area (Å²) in [7, 11) is 0. The van der Waals surface area contributed by atoms with Gasteiger partial charge in [0, 0.05) is 35.9 Å². The summed E-state index contributed by atoms with van der Waals surface area (Å²) in [6, 6.07) is 8.08. The molecule has 1 aliphatic carbocycles. The Morgan fingerprint density at radius 2 is 1.56 bits per heavy atom. The summed E-state index contributed by atoms with van der Waals surface area (Å²) in [6.45, 7) is 1.34. The summed E-state index contributed by atoms with van der Waals surface area (Å²) >= 11 is 18.2. The van der Waals surface area contributed by atoms with Crippen molar-refractivity contribution in [3.63, 3.8) is 0 Å². The van der Waals surface area contributed by atoms with E-state index in [0.717, 1.165) is 55.4 Å². The minimum atomic E-state index is -0.803. The highest BCUT2D eigenvalue weighted by molar-refractivity contribution is 6.23. The number of halogens is 3. The molecule has 1 aromatic carbocycles. The van der Waals surface area contributed by atoms with Crippen LogP contribution in [0.4, 0.5) is 0 Å². The number of alkyl halides is 3. The molecule has 0 bridgehead atoms. The van der Waals surface area contributed by atoms with E-state index in [4.69, 9.17) is 44.3 Å². The molecule has 0 saturated carbocycles. The van der Waals surface area contributed by atoms with E-state index in [-0.39, 0.29) is 0 Å². The van der Waals surface area contributed by atoms with Gasteiger partial charge in [0.05, 0.1) is 6.61 Å². The van der Waals surface area contributed by atoms with Gasteiger partial charge in [-0.3, -0.25) is 0 Å². The number of fused-ring (bicyclic) bond motifs is 1. The van der Waals surface area contributed by atoms with Crippen molar-refractivity contribution >= 4 is 40.6 Å². The maximum Gasteiger partial charge on any atom is 0.171 e. The molecule has 0 saturated heterocycles. The van der Waals surface area contributed by atoms with E-state index in [1.165, 1.54) is 0 Å². The molecule has 2 nitrogen and oxygen atoms in total. The number of ether oxygens (including phenoxy) is 2. The molecule has 0 fully saturated rings. The molecule has 0 aromatic heterocycles. The summed E-state index contributed by atoms with van der Waals surface area (Å²) in [5, 5.41) is -0.803. The molecular formula is C20H27Cl3O2. The van der Waals surface area contributed by atoms with Crippen molar-refractivity contribution < 1.29 is 9.47 Å². The van der Waals surface area contributed by atoms with Crippen LogP contribution in [0.1, 0.15) is 56.1 Å². The van der Waals surface area contributed by atoms with Crippen molar-refractivity contribution in [2.75, 3.05) is 25.0 Å². The minimum absolute atomic E-state index is 0.609. The second kappa shape index (κ2) is 11.3. The number of rotatable bonds is 12. The molecule has 1 unspecified atom stereocenters. The third-order valence-electron chi connectivity index (χ3n) is 4.29. The smallest absolute Gasteiger partial charge is 0.171 e. The Morgan fingerprint density at radius 1 is 0.880 bits per heavy atom. The van der Waals surface area contributed by atoms with Crippen molar-refractivity contribution in [3.05, 3.63) is 41.5 Å². The van der Waals surface area contributed by atoms with Crippen LogP contribution in [-0.2, 0) is 14.5 Å². The molecule has 1 aliphatic rings. The van der Waals surface area contributed by atoms with Gasteiger partial charge in [-0.05, 0) is 44.6 Å². The normalized spacial score (nSPS) is 19.4. The zero-order chi connectivity index (χ0) is 18.0. The predicted molar refractivity (Wildman–Crippen MR) is 108 cm³/mol. The Morgan fingerprint density at radius 3 is 2.28 bits per heavy atom. The zero-order valence-corrected chi connectivity index (χ0v) is 16.9. The van der Waals surface area contributed by atoms with E-state index >= 15 is 0 Å². The molecule has 0 spiro atoms. The molecule has 25 heavy (non-hydrogen) atoms. The third-order valence-corrected chi connectivity index (χ3v) is 5.29. The lowest BCUT2D eigenvalue weighted by Gasteiger charge is -2.33. The topological polar surface area (TPSA) is 18.5 Å². The van der Waals surface area contributed by atoms with Crippen LogP contribution < -0.4 is 0 Å². The fraction of sp³-hybridized carbons (Fsp3) is 0.600. The lowest BCUT2D eigenvalue weighted by Crippen LogP contribution is -2.27. The first-order chi connectivity index (χ1) is 12.2. The van der Waals surface area contributed by atoms with Gasteiger partial charge in [-0.25, -0.2) is 0 Å². The van der Waals surface area contributed by atoms with E-state index in [9.17, 15) is 0 Å². The summed E-state index contributed by atoms with van der Waals surface area (Å²) in [4.78, 5) is 0. The zero-order valence-electron chi connectivity index (χ0n) is 14.6. The van der Waals surface area contributed by atoms with Crippen LogP contribution >= 0.6 is 34.8 Å². The van der Waals surface area contributed by atoms with E-state index < -0.39 is 5.06 Å². The fourth-order valence-corrected chi connectivity index (χ4v) is 3.60. The Bertz CT molecular complexity index is 547. The number of unbranched alkanes of at least 4 members (excludes halogenated alkanes) is 4. The SMILES string of the molecule is ClCCCCCOC1=CCC(Cl)(OCCCCCCl)c2ccccc21. The van der Waals surface area contributed by atoms with Gasteiger partial charge in [0.2, 0.25) is 0 Å².